The lowest BCUT2D eigenvalue weighted by Crippen LogP contribution is -2.47. The third-order valence-electron chi connectivity index (χ3n) is 6.75. The molecule has 2 aliphatic rings. The standard InChI is InChI=1S/C25H24F3N3O5.ClH/c1-35-15-6-4-3-5-14(15)29-9-11-30(12-10-29)21-19(27)18(26)16-20(23(21)36-2)31(13-7-8-13)24(28)17(22(16)32)25(33)34;/h3-6,13H,7-12H2,1-2H3,(H,33,34);1H. The summed E-state index contributed by atoms with van der Waals surface area (Å²) < 4.78 is 58.2. The second kappa shape index (κ2) is 10.0. The second-order valence-corrected chi connectivity index (χ2v) is 8.78. The molecular weight excluding hydrogens is 515 g/mol. The van der Waals surface area contributed by atoms with Gasteiger partial charge in [-0.25, -0.2) is 13.6 Å². The Hall–Kier alpha value is -3.60. The molecule has 3 aromatic rings. The van der Waals surface area contributed by atoms with Gasteiger partial charge >= 0.3 is 5.97 Å². The molecular formula is C25H25ClF3N3O5. The smallest absolute Gasteiger partial charge is 0.344 e. The monoisotopic (exact) mass is 539 g/mol. The average molecular weight is 540 g/mol. The average Bonchev–Trinajstić information content (AvgIpc) is 3.71. The molecule has 0 bridgehead atoms. The Labute approximate surface area is 216 Å². The van der Waals surface area contributed by atoms with E-state index in [4.69, 9.17) is 9.47 Å². The molecule has 1 N–H and O–H groups in total. The van der Waals surface area contributed by atoms with Crippen molar-refractivity contribution in [2.24, 2.45) is 0 Å². The number of hydrogen-bond donors (Lipinski definition) is 1. The molecule has 8 nitrogen and oxygen atoms in total. The Kier molecular flexibility index (Phi) is 7.18. The van der Waals surface area contributed by atoms with Gasteiger partial charge in [0.15, 0.2) is 22.9 Å². The molecule has 5 rings (SSSR count). The number of piperazine rings is 1. The van der Waals surface area contributed by atoms with E-state index in [-0.39, 0.29) is 42.5 Å². The molecule has 2 heterocycles. The first-order valence-corrected chi connectivity index (χ1v) is 11.5. The van der Waals surface area contributed by atoms with Crippen LogP contribution in [0.4, 0.5) is 24.5 Å². The van der Waals surface area contributed by atoms with Crippen molar-refractivity contribution < 1.29 is 32.5 Å². The number of aromatic nitrogens is 1. The molecule has 1 aromatic heterocycles. The molecule has 1 aliphatic heterocycles. The van der Waals surface area contributed by atoms with Crippen LogP contribution in [0.25, 0.3) is 10.9 Å². The van der Waals surface area contributed by atoms with E-state index in [0.717, 1.165) is 10.3 Å². The SMILES string of the molecule is COc1ccccc1N1CCN(c2c(F)c(F)c3c(=O)c(C(=O)O)c(F)n(C4CC4)c3c2OC)CC1.Cl. The van der Waals surface area contributed by atoms with Crippen molar-refractivity contribution in [2.45, 2.75) is 18.9 Å². The summed E-state index contributed by atoms with van der Waals surface area (Å²) in [5.41, 5.74) is -2.27. The number of halogens is 4. The summed E-state index contributed by atoms with van der Waals surface area (Å²) in [6, 6.07) is 6.98. The van der Waals surface area contributed by atoms with E-state index >= 15 is 13.2 Å². The summed E-state index contributed by atoms with van der Waals surface area (Å²) in [5.74, 6) is -5.51. The third-order valence-corrected chi connectivity index (χ3v) is 6.75. The largest absolute Gasteiger partial charge is 0.495 e. The van der Waals surface area contributed by atoms with Gasteiger partial charge in [-0.1, -0.05) is 12.1 Å². The van der Waals surface area contributed by atoms with Crippen LogP contribution in [0.15, 0.2) is 29.1 Å². The quantitative estimate of drug-likeness (QED) is 0.470. The van der Waals surface area contributed by atoms with Crippen LogP contribution in [-0.4, -0.2) is 56.0 Å². The highest BCUT2D eigenvalue weighted by Crippen LogP contribution is 2.46. The number of pyridine rings is 1. The Balaban J connectivity index is 0.00000320. The first kappa shape index (κ1) is 26.5. The first-order valence-electron chi connectivity index (χ1n) is 11.5. The number of hydrogen-bond acceptors (Lipinski definition) is 6. The highest BCUT2D eigenvalue weighted by atomic mass is 35.5. The molecule has 0 radical (unpaired) electrons. The molecule has 1 aliphatic carbocycles. The lowest BCUT2D eigenvalue weighted by molar-refractivity contribution is 0.0688. The zero-order chi connectivity index (χ0) is 25.7. The summed E-state index contributed by atoms with van der Waals surface area (Å²) in [6.45, 7) is 1.45. The lowest BCUT2D eigenvalue weighted by atomic mass is 10.1. The van der Waals surface area contributed by atoms with E-state index < -0.39 is 46.0 Å². The van der Waals surface area contributed by atoms with E-state index in [1.54, 1.807) is 12.0 Å². The highest BCUT2D eigenvalue weighted by Gasteiger charge is 2.37. The zero-order valence-electron chi connectivity index (χ0n) is 20.1. The maximum atomic E-state index is 15.5. The molecule has 1 saturated carbocycles. The van der Waals surface area contributed by atoms with Gasteiger partial charge in [-0.2, -0.15) is 4.39 Å². The number of carboxylic acids is 1. The molecule has 2 fully saturated rings. The minimum absolute atomic E-state index is 0. The molecule has 198 valence electrons. The van der Waals surface area contributed by atoms with Gasteiger partial charge in [0.05, 0.1) is 25.3 Å². The van der Waals surface area contributed by atoms with Gasteiger partial charge in [-0.05, 0) is 25.0 Å². The van der Waals surface area contributed by atoms with Crippen LogP contribution in [0, 0.1) is 17.6 Å². The Bertz CT molecular complexity index is 1440. The van der Waals surface area contributed by atoms with E-state index in [0.29, 0.717) is 31.7 Å². The Morgan fingerprint density at radius 1 is 0.973 bits per heavy atom. The fourth-order valence-electron chi connectivity index (χ4n) is 4.92. The number of ether oxygens (including phenoxy) is 2. The number of nitrogens with zero attached hydrogens (tertiary/aromatic N) is 3. The summed E-state index contributed by atoms with van der Waals surface area (Å²) in [6.07, 6.45) is 1.01. The molecule has 0 spiro atoms. The number of fused-ring (bicyclic) bond motifs is 1. The molecule has 12 heteroatoms. The van der Waals surface area contributed by atoms with Crippen molar-refractivity contribution in [1.82, 2.24) is 4.57 Å². The number of para-hydroxylation sites is 2. The van der Waals surface area contributed by atoms with E-state index in [2.05, 4.69) is 4.90 Å². The summed E-state index contributed by atoms with van der Waals surface area (Å²) in [4.78, 5) is 28.1. The normalized spacial score (nSPS) is 15.5. The minimum Gasteiger partial charge on any atom is -0.495 e. The number of carbonyl (C=O) groups is 1. The van der Waals surface area contributed by atoms with Crippen molar-refractivity contribution in [3.05, 3.63) is 57.6 Å². The van der Waals surface area contributed by atoms with Gasteiger partial charge in [-0.3, -0.25) is 4.79 Å². The van der Waals surface area contributed by atoms with Gasteiger partial charge in [0.2, 0.25) is 11.4 Å². The number of aromatic carboxylic acids is 1. The first-order chi connectivity index (χ1) is 17.3. The summed E-state index contributed by atoms with van der Waals surface area (Å²) in [7, 11) is 2.80. The molecule has 0 atom stereocenters. The lowest BCUT2D eigenvalue weighted by Gasteiger charge is -2.38. The van der Waals surface area contributed by atoms with E-state index in [9.17, 15) is 14.7 Å². The van der Waals surface area contributed by atoms with Crippen LogP contribution in [0.2, 0.25) is 0 Å². The van der Waals surface area contributed by atoms with Crippen LogP contribution in [-0.2, 0) is 0 Å². The predicted octanol–water partition coefficient (Wildman–Crippen LogP) is 4.22. The van der Waals surface area contributed by atoms with E-state index in [1.807, 2.05) is 24.3 Å². The number of rotatable bonds is 6. The van der Waals surface area contributed by atoms with Crippen LogP contribution in [0.5, 0.6) is 11.5 Å². The van der Waals surface area contributed by atoms with Gasteiger partial charge < -0.3 is 28.9 Å². The molecule has 0 amide bonds. The van der Waals surface area contributed by atoms with Crippen molar-refractivity contribution in [3.63, 3.8) is 0 Å². The van der Waals surface area contributed by atoms with Crippen molar-refractivity contribution in [1.29, 1.82) is 0 Å². The second-order valence-electron chi connectivity index (χ2n) is 8.78. The minimum atomic E-state index is -1.84. The molecule has 2 aromatic carbocycles. The maximum Gasteiger partial charge on any atom is 0.344 e. The Morgan fingerprint density at radius 2 is 1.59 bits per heavy atom. The molecule has 1 saturated heterocycles. The van der Waals surface area contributed by atoms with Crippen LogP contribution < -0.4 is 24.7 Å². The third kappa shape index (κ3) is 4.20. The van der Waals surface area contributed by atoms with E-state index in [1.165, 1.54) is 7.11 Å². The fourth-order valence-corrected chi connectivity index (χ4v) is 4.92. The van der Waals surface area contributed by atoms with Gasteiger partial charge in [0.1, 0.15) is 17.0 Å². The van der Waals surface area contributed by atoms with Crippen molar-refractivity contribution >= 4 is 40.7 Å². The predicted molar refractivity (Wildman–Crippen MR) is 135 cm³/mol. The summed E-state index contributed by atoms with van der Waals surface area (Å²) >= 11 is 0. The summed E-state index contributed by atoms with van der Waals surface area (Å²) in [5, 5.41) is 8.58. The number of methoxy groups -OCH3 is 2. The van der Waals surface area contributed by atoms with Crippen molar-refractivity contribution in [2.75, 3.05) is 50.2 Å². The van der Waals surface area contributed by atoms with Crippen LogP contribution in [0.1, 0.15) is 29.2 Å². The van der Waals surface area contributed by atoms with Crippen LogP contribution in [0.3, 0.4) is 0 Å². The number of benzene rings is 2. The van der Waals surface area contributed by atoms with Gasteiger partial charge in [0, 0.05) is 32.2 Å². The van der Waals surface area contributed by atoms with Crippen molar-refractivity contribution in [3.8, 4) is 11.5 Å². The highest BCUT2D eigenvalue weighted by molar-refractivity contribution is 5.97. The fraction of sp³-hybridized carbons (Fsp3) is 0.360. The molecule has 0 unspecified atom stereocenters. The zero-order valence-corrected chi connectivity index (χ0v) is 20.9. The number of carboxylic acid groups (broad SMARTS) is 1. The van der Waals surface area contributed by atoms with Gasteiger partial charge in [0.25, 0.3) is 0 Å². The topological polar surface area (TPSA) is 84.2 Å². The van der Waals surface area contributed by atoms with Gasteiger partial charge in [-0.15, -0.1) is 12.4 Å². The molecule has 37 heavy (non-hydrogen) atoms. The number of anilines is 2. The van der Waals surface area contributed by atoms with Crippen LogP contribution >= 0.6 is 12.4 Å². The maximum absolute atomic E-state index is 15.5. The Morgan fingerprint density at radius 3 is 2.16 bits per heavy atom.